The summed E-state index contributed by atoms with van der Waals surface area (Å²) in [6.07, 6.45) is 0. The summed E-state index contributed by atoms with van der Waals surface area (Å²) in [7, 11) is 1.89. The molecular weight excluding hydrogens is 344 g/mol. The van der Waals surface area contributed by atoms with Gasteiger partial charge < -0.3 is 9.73 Å². The molecule has 0 saturated heterocycles. The van der Waals surface area contributed by atoms with Gasteiger partial charge in [0, 0.05) is 9.13 Å². The van der Waals surface area contributed by atoms with Crippen LogP contribution in [0.5, 0.6) is 0 Å². The van der Waals surface area contributed by atoms with Gasteiger partial charge in [-0.25, -0.2) is 4.39 Å². The molecule has 0 aliphatic carbocycles. The summed E-state index contributed by atoms with van der Waals surface area (Å²) >= 11 is 2.16. The molecule has 4 heteroatoms. The van der Waals surface area contributed by atoms with Gasteiger partial charge in [0.2, 0.25) is 0 Å². The molecular formula is C14H15FINO. The number of nitrogens with one attached hydrogen (secondary N) is 1. The highest BCUT2D eigenvalue weighted by atomic mass is 127. The Labute approximate surface area is 120 Å². The Kier molecular flexibility index (Phi) is 4.07. The molecule has 0 fully saturated rings. The summed E-state index contributed by atoms with van der Waals surface area (Å²) in [5.41, 5.74) is 2.16. The Morgan fingerprint density at radius 2 is 1.94 bits per heavy atom. The molecule has 2 aromatic rings. The maximum Gasteiger partial charge on any atom is 0.124 e. The molecule has 0 spiro atoms. The SMILES string of the molecule is CNC(c1ccc(F)cc1I)c1cc(C)oc1C. The van der Waals surface area contributed by atoms with Crippen molar-refractivity contribution in [2.24, 2.45) is 0 Å². The van der Waals surface area contributed by atoms with Crippen LogP contribution in [-0.2, 0) is 0 Å². The van der Waals surface area contributed by atoms with Gasteiger partial charge in [-0.05, 0) is 67.2 Å². The summed E-state index contributed by atoms with van der Waals surface area (Å²) < 4.78 is 19.6. The van der Waals surface area contributed by atoms with Crippen LogP contribution < -0.4 is 5.32 Å². The fourth-order valence-corrected chi connectivity index (χ4v) is 2.94. The molecule has 18 heavy (non-hydrogen) atoms. The van der Waals surface area contributed by atoms with Gasteiger partial charge in [-0.3, -0.25) is 0 Å². The number of halogens is 2. The van der Waals surface area contributed by atoms with Crippen molar-refractivity contribution < 1.29 is 8.81 Å². The lowest BCUT2D eigenvalue weighted by Crippen LogP contribution is -2.19. The molecule has 1 aromatic carbocycles. The summed E-state index contributed by atoms with van der Waals surface area (Å²) in [4.78, 5) is 0. The monoisotopic (exact) mass is 359 g/mol. The molecule has 1 heterocycles. The summed E-state index contributed by atoms with van der Waals surface area (Å²) in [5, 5.41) is 3.26. The number of aryl methyl sites for hydroxylation is 2. The van der Waals surface area contributed by atoms with E-state index in [1.165, 1.54) is 6.07 Å². The average Bonchev–Trinajstić information content (AvgIpc) is 2.62. The molecule has 0 aliphatic heterocycles. The first-order chi connectivity index (χ1) is 8.52. The molecule has 1 unspecified atom stereocenters. The van der Waals surface area contributed by atoms with Crippen LogP contribution in [0.2, 0.25) is 0 Å². The van der Waals surface area contributed by atoms with Gasteiger partial charge in [0.25, 0.3) is 0 Å². The summed E-state index contributed by atoms with van der Waals surface area (Å²) in [5.74, 6) is 1.57. The highest BCUT2D eigenvalue weighted by molar-refractivity contribution is 14.1. The van der Waals surface area contributed by atoms with Crippen LogP contribution in [0.15, 0.2) is 28.7 Å². The lowest BCUT2D eigenvalue weighted by molar-refractivity contribution is 0.496. The second-order valence-corrected chi connectivity index (χ2v) is 5.42. The minimum atomic E-state index is -0.210. The minimum Gasteiger partial charge on any atom is -0.466 e. The fourth-order valence-electron chi connectivity index (χ4n) is 2.15. The van der Waals surface area contributed by atoms with E-state index in [0.29, 0.717) is 0 Å². The van der Waals surface area contributed by atoms with E-state index < -0.39 is 0 Å². The van der Waals surface area contributed by atoms with Crippen molar-refractivity contribution in [3.05, 3.63) is 56.3 Å². The minimum absolute atomic E-state index is 0.0231. The quantitative estimate of drug-likeness (QED) is 0.840. The lowest BCUT2D eigenvalue weighted by Gasteiger charge is -2.17. The highest BCUT2D eigenvalue weighted by Gasteiger charge is 2.19. The first-order valence-corrected chi connectivity index (χ1v) is 6.80. The van der Waals surface area contributed by atoms with Gasteiger partial charge in [-0.15, -0.1) is 0 Å². The zero-order valence-corrected chi connectivity index (χ0v) is 12.7. The molecule has 0 radical (unpaired) electrons. The van der Waals surface area contributed by atoms with Crippen LogP contribution in [0.1, 0.15) is 28.7 Å². The summed E-state index contributed by atoms with van der Waals surface area (Å²) in [6.45, 7) is 3.88. The van der Waals surface area contributed by atoms with Crippen molar-refractivity contribution in [1.29, 1.82) is 0 Å². The van der Waals surface area contributed by atoms with Crippen molar-refractivity contribution in [2.75, 3.05) is 7.05 Å². The first-order valence-electron chi connectivity index (χ1n) is 5.72. The molecule has 2 rings (SSSR count). The van der Waals surface area contributed by atoms with Crippen molar-refractivity contribution in [2.45, 2.75) is 19.9 Å². The number of furan rings is 1. The van der Waals surface area contributed by atoms with Crippen LogP contribution in [0.25, 0.3) is 0 Å². The molecule has 0 saturated carbocycles. The van der Waals surface area contributed by atoms with E-state index >= 15 is 0 Å². The molecule has 0 amide bonds. The normalized spacial score (nSPS) is 12.7. The van der Waals surface area contributed by atoms with E-state index in [0.717, 1.165) is 26.2 Å². The number of rotatable bonds is 3. The molecule has 2 nitrogen and oxygen atoms in total. The van der Waals surface area contributed by atoms with Crippen LogP contribution in [0.3, 0.4) is 0 Å². The van der Waals surface area contributed by atoms with E-state index in [9.17, 15) is 4.39 Å². The molecule has 96 valence electrons. The maximum atomic E-state index is 13.2. The molecule has 1 N–H and O–H groups in total. The third kappa shape index (κ3) is 2.59. The van der Waals surface area contributed by atoms with Gasteiger partial charge in [0.05, 0.1) is 6.04 Å². The Morgan fingerprint density at radius 1 is 1.22 bits per heavy atom. The Morgan fingerprint density at radius 3 is 2.44 bits per heavy atom. The van der Waals surface area contributed by atoms with Crippen LogP contribution in [-0.4, -0.2) is 7.05 Å². The Bertz CT molecular complexity index is 565. The second-order valence-electron chi connectivity index (χ2n) is 4.26. The van der Waals surface area contributed by atoms with E-state index in [2.05, 4.69) is 27.9 Å². The largest absolute Gasteiger partial charge is 0.466 e. The Hall–Kier alpha value is -0.880. The van der Waals surface area contributed by atoms with Crippen LogP contribution in [0, 0.1) is 23.2 Å². The topological polar surface area (TPSA) is 25.2 Å². The molecule has 1 aromatic heterocycles. The van der Waals surface area contributed by atoms with E-state index in [1.807, 2.05) is 33.0 Å². The van der Waals surface area contributed by atoms with Crippen molar-refractivity contribution in [1.82, 2.24) is 5.32 Å². The van der Waals surface area contributed by atoms with Gasteiger partial charge in [-0.2, -0.15) is 0 Å². The van der Waals surface area contributed by atoms with Crippen LogP contribution >= 0.6 is 22.6 Å². The highest BCUT2D eigenvalue weighted by Crippen LogP contribution is 2.30. The first kappa shape index (κ1) is 13.5. The van der Waals surface area contributed by atoms with Crippen molar-refractivity contribution in [3.63, 3.8) is 0 Å². The van der Waals surface area contributed by atoms with E-state index in [4.69, 9.17) is 4.42 Å². The maximum absolute atomic E-state index is 13.2. The van der Waals surface area contributed by atoms with Gasteiger partial charge in [0.1, 0.15) is 17.3 Å². The molecule has 1 atom stereocenters. The van der Waals surface area contributed by atoms with Gasteiger partial charge in [-0.1, -0.05) is 6.07 Å². The van der Waals surface area contributed by atoms with Crippen molar-refractivity contribution in [3.8, 4) is 0 Å². The number of hydrogen-bond donors (Lipinski definition) is 1. The fraction of sp³-hybridized carbons (Fsp3) is 0.286. The Balaban J connectivity index is 2.48. The third-order valence-corrected chi connectivity index (χ3v) is 3.89. The predicted octanol–water partition coefficient (Wildman–Crippen LogP) is 3.95. The second kappa shape index (κ2) is 5.40. The van der Waals surface area contributed by atoms with Gasteiger partial charge in [0.15, 0.2) is 0 Å². The van der Waals surface area contributed by atoms with Crippen molar-refractivity contribution >= 4 is 22.6 Å². The zero-order chi connectivity index (χ0) is 13.3. The lowest BCUT2D eigenvalue weighted by atomic mass is 9.99. The molecule has 0 aliphatic rings. The number of hydrogen-bond acceptors (Lipinski definition) is 2. The smallest absolute Gasteiger partial charge is 0.124 e. The van der Waals surface area contributed by atoms with Gasteiger partial charge >= 0.3 is 0 Å². The number of benzene rings is 1. The van der Waals surface area contributed by atoms with E-state index in [-0.39, 0.29) is 11.9 Å². The average molecular weight is 359 g/mol. The molecule has 0 bridgehead atoms. The van der Waals surface area contributed by atoms with Crippen LogP contribution in [0.4, 0.5) is 4.39 Å². The third-order valence-electron chi connectivity index (χ3n) is 2.95. The van der Waals surface area contributed by atoms with E-state index in [1.54, 1.807) is 6.07 Å². The standard InChI is InChI=1S/C14H15FINO/c1-8-6-12(9(2)18-8)14(17-3)11-5-4-10(15)7-13(11)16/h4-7,14,17H,1-3H3. The zero-order valence-electron chi connectivity index (χ0n) is 10.6. The predicted molar refractivity (Wildman–Crippen MR) is 78.2 cm³/mol. The summed E-state index contributed by atoms with van der Waals surface area (Å²) in [6, 6.07) is 6.90.